The third-order valence-corrected chi connectivity index (χ3v) is 4.05. The van der Waals surface area contributed by atoms with Crippen molar-refractivity contribution in [3.8, 4) is 11.8 Å². The zero-order valence-electron chi connectivity index (χ0n) is 12.0. The molecule has 0 fully saturated rings. The molecule has 0 aliphatic rings. The highest BCUT2D eigenvalue weighted by Crippen LogP contribution is 2.22. The predicted octanol–water partition coefficient (Wildman–Crippen LogP) is 2.66. The molecule has 1 N–H and O–H groups in total. The Balaban J connectivity index is 2.09. The summed E-state index contributed by atoms with van der Waals surface area (Å²) in [5, 5.41) is 8.73. The minimum absolute atomic E-state index is 0.0282. The summed E-state index contributed by atoms with van der Waals surface area (Å²) in [6.07, 6.45) is 3.67. The third-order valence-electron chi connectivity index (χ3n) is 2.91. The molecule has 0 radical (unpaired) electrons. The van der Waals surface area contributed by atoms with E-state index in [2.05, 4.69) is 11.8 Å². The molecular weight excluding hydrogens is 286 g/mol. The van der Waals surface area contributed by atoms with Gasteiger partial charge < -0.3 is 14.4 Å². The van der Waals surface area contributed by atoms with E-state index in [9.17, 15) is 4.79 Å². The highest BCUT2D eigenvalue weighted by molar-refractivity contribution is 7.14. The van der Waals surface area contributed by atoms with Crippen molar-refractivity contribution in [1.29, 1.82) is 0 Å². The summed E-state index contributed by atoms with van der Waals surface area (Å²) in [7, 11) is 1.77. The standard InChI is InChI=1S/C16H17NO3S/c1-12-9-15(21-14(12)5-3-4-7-18)16(19)17(2)10-13-6-8-20-11-13/h6,8-9,11,18H,4,7,10H2,1-2H3. The number of hydrogen-bond acceptors (Lipinski definition) is 4. The van der Waals surface area contributed by atoms with E-state index in [-0.39, 0.29) is 12.5 Å². The molecule has 2 heterocycles. The molecule has 1 amide bonds. The van der Waals surface area contributed by atoms with Crippen LogP contribution in [0.4, 0.5) is 0 Å². The first-order chi connectivity index (χ1) is 10.1. The number of aryl methyl sites for hydroxylation is 1. The van der Waals surface area contributed by atoms with E-state index in [1.165, 1.54) is 11.3 Å². The lowest BCUT2D eigenvalue weighted by atomic mass is 10.2. The van der Waals surface area contributed by atoms with Gasteiger partial charge in [0.25, 0.3) is 5.91 Å². The van der Waals surface area contributed by atoms with Crippen LogP contribution in [0, 0.1) is 18.8 Å². The molecule has 0 atom stereocenters. The van der Waals surface area contributed by atoms with Crippen LogP contribution in [0.15, 0.2) is 29.1 Å². The lowest BCUT2D eigenvalue weighted by Gasteiger charge is -2.14. The average Bonchev–Trinajstić information content (AvgIpc) is 3.09. The van der Waals surface area contributed by atoms with Gasteiger partial charge in [-0.1, -0.05) is 11.8 Å². The van der Waals surface area contributed by atoms with Crippen molar-refractivity contribution < 1.29 is 14.3 Å². The van der Waals surface area contributed by atoms with E-state index in [1.54, 1.807) is 24.5 Å². The summed E-state index contributed by atoms with van der Waals surface area (Å²) in [6.45, 7) is 2.50. The second-order valence-corrected chi connectivity index (χ2v) is 5.74. The topological polar surface area (TPSA) is 53.7 Å². The maximum absolute atomic E-state index is 12.4. The molecule has 4 nitrogen and oxygen atoms in total. The number of nitrogens with zero attached hydrogens (tertiary/aromatic N) is 1. The van der Waals surface area contributed by atoms with Gasteiger partial charge in [-0.25, -0.2) is 0 Å². The molecule has 2 rings (SSSR count). The molecule has 2 aromatic rings. The summed E-state index contributed by atoms with van der Waals surface area (Å²) in [5.74, 6) is 5.85. The monoisotopic (exact) mass is 303 g/mol. The highest BCUT2D eigenvalue weighted by atomic mass is 32.1. The van der Waals surface area contributed by atoms with Gasteiger partial charge in [-0.3, -0.25) is 4.79 Å². The molecule has 0 spiro atoms. The fourth-order valence-corrected chi connectivity index (χ4v) is 2.87. The van der Waals surface area contributed by atoms with Gasteiger partial charge in [-0.05, 0) is 24.6 Å². The fraction of sp³-hybridized carbons (Fsp3) is 0.312. The molecule has 110 valence electrons. The SMILES string of the molecule is Cc1cc(C(=O)N(C)Cc2ccoc2)sc1C#CCCO. The Morgan fingerprint density at radius 2 is 2.33 bits per heavy atom. The molecular formula is C16H17NO3S. The van der Waals surface area contributed by atoms with Gasteiger partial charge in [0.05, 0.1) is 28.9 Å². The van der Waals surface area contributed by atoms with Crippen LogP contribution in [-0.4, -0.2) is 29.6 Å². The average molecular weight is 303 g/mol. The molecule has 0 saturated carbocycles. The number of hydrogen-bond donors (Lipinski definition) is 1. The molecule has 0 aromatic carbocycles. The van der Waals surface area contributed by atoms with Crippen molar-refractivity contribution in [2.45, 2.75) is 19.9 Å². The van der Waals surface area contributed by atoms with E-state index < -0.39 is 0 Å². The second kappa shape index (κ2) is 7.11. The van der Waals surface area contributed by atoms with E-state index in [0.29, 0.717) is 17.8 Å². The predicted molar refractivity (Wildman–Crippen MR) is 82.1 cm³/mol. The van der Waals surface area contributed by atoms with Crippen molar-refractivity contribution in [1.82, 2.24) is 4.90 Å². The summed E-state index contributed by atoms with van der Waals surface area (Å²) >= 11 is 1.39. The summed E-state index contributed by atoms with van der Waals surface area (Å²) < 4.78 is 5.00. The molecule has 0 unspecified atom stereocenters. The lowest BCUT2D eigenvalue weighted by molar-refractivity contribution is 0.0789. The first-order valence-corrected chi connectivity index (χ1v) is 7.40. The van der Waals surface area contributed by atoms with Crippen LogP contribution in [0.2, 0.25) is 0 Å². The van der Waals surface area contributed by atoms with E-state index >= 15 is 0 Å². The molecule has 0 aliphatic carbocycles. The largest absolute Gasteiger partial charge is 0.472 e. The van der Waals surface area contributed by atoms with Gasteiger partial charge in [-0.2, -0.15) is 0 Å². The summed E-state index contributed by atoms with van der Waals surface area (Å²) in [5.41, 5.74) is 1.95. The van der Waals surface area contributed by atoms with Gasteiger partial charge in [0.2, 0.25) is 0 Å². The van der Waals surface area contributed by atoms with Crippen molar-refractivity contribution in [2.75, 3.05) is 13.7 Å². The molecule has 0 bridgehead atoms. The minimum Gasteiger partial charge on any atom is -0.472 e. The number of carbonyl (C=O) groups excluding carboxylic acids is 1. The van der Waals surface area contributed by atoms with E-state index in [4.69, 9.17) is 9.52 Å². The maximum Gasteiger partial charge on any atom is 0.264 e. The summed E-state index contributed by atoms with van der Waals surface area (Å²) in [6, 6.07) is 3.71. The third kappa shape index (κ3) is 3.97. The molecule has 2 aromatic heterocycles. The van der Waals surface area contributed by atoms with Crippen LogP contribution in [0.1, 0.15) is 32.1 Å². The maximum atomic E-state index is 12.4. The van der Waals surface area contributed by atoms with Crippen LogP contribution >= 0.6 is 11.3 Å². The van der Waals surface area contributed by atoms with E-state index in [0.717, 1.165) is 16.0 Å². The highest BCUT2D eigenvalue weighted by Gasteiger charge is 2.16. The lowest BCUT2D eigenvalue weighted by Crippen LogP contribution is -2.25. The molecule has 5 heteroatoms. The first-order valence-electron chi connectivity index (χ1n) is 6.58. The first kappa shape index (κ1) is 15.4. The second-order valence-electron chi connectivity index (χ2n) is 4.69. The van der Waals surface area contributed by atoms with Crippen molar-refractivity contribution in [3.05, 3.63) is 45.5 Å². The number of aliphatic hydroxyl groups is 1. The quantitative estimate of drug-likeness (QED) is 0.884. The van der Waals surface area contributed by atoms with Gasteiger partial charge >= 0.3 is 0 Å². The number of thiophene rings is 1. The Kier molecular flexibility index (Phi) is 5.20. The zero-order valence-corrected chi connectivity index (χ0v) is 12.9. The van der Waals surface area contributed by atoms with Gasteiger partial charge in [-0.15, -0.1) is 11.3 Å². The molecule has 21 heavy (non-hydrogen) atoms. The van der Waals surface area contributed by atoms with Gasteiger partial charge in [0, 0.05) is 25.6 Å². The van der Waals surface area contributed by atoms with Crippen LogP contribution in [-0.2, 0) is 6.54 Å². The Hall–Kier alpha value is -2.03. The van der Waals surface area contributed by atoms with Crippen molar-refractivity contribution in [2.24, 2.45) is 0 Å². The number of amides is 1. The zero-order chi connectivity index (χ0) is 15.2. The number of carbonyl (C=O) groups is 1. The van der Waals surface area contributed by atoms with Gasteiger partial charge in [0.15, 0.2) is 0 Å². The Morgan fingerprint density at radius 1 is 1.52 bits per heavy atom. The normalized spacial score (nSPS) is 10.0. The van der Waals surface area contributed by atoms with Crippen LogP contribution in [0.25, 0.3) is 0 Å². The van der Waals surface area contributed by atoms with Crippen LogP contribution < -0.4 is 0 Å². The molecule has 0 aliphatic heterocycles. The van der Waals surface area contributed by atoms with Crippen molar-refractivity contribution >= 4 is 17.2 Å². The van der Waals surface area contributed by atoms with E-state index in [1.807, 2.05) is 19.1 Å². The molecule has 0 saturated heterocycles. The Morgan fingerprint density at radius 3 is 3.00 bits per heavy atom. The minimum atomic E-state index is -0.0282. The van der Waals surface area contributed by atoms with Crippen molar-refractivity contribution in [3.63, 3.8) is 0 Å². The number of furan rings is 1. The Labute approximate surface area is 128 Å². The number of aliphatic hydroxyl groups excluding tert-OH is 1. The smallest absolute Gasteiger partial charge is 0.264 e. The van der Waals surface area contributed by atoms with Gasteiger partial charge in [0.1, 0.15) is 0 Å². The van der Waals surface area contributed by atoms with Crippen LogP contribution in [0.3, 0.4) is 0 Å². The number of rotatable bonds is 4. The summed E-state index contributed by atoms with van der Waals surface area (Å²) in [4.78, 5) is 15.6. The fourth-order valence-electron chi connectivity index (χ4n) is 1.83. The van der Waals surface area contributed by atoms with Crippen LogP contribution in [0.5, 0.6) is 0 Å². The Bertz CT molecular complexity index is 661.